The van der Waals surface area contributed by atoms with Crippen LogP contribution in [0.3, 0.4) is 0 Å². The number of nitrogens with two attached hydrogens (primary N) is 3. The highest BCUT2D eigenvalue weighted by Crippen LogP contribution is 2.11. The summed E-state index contributed by atoms with van der Waals surface area (Å²) in [5.74, 6) is -4.60. The van der Waals surface area contributed by atoms with Crippen molar-refractivity contribution < 1.29 is 29.1 Å². The lowest BCUT2D eigenvalue weighted by Crippen LogP contribution is -2.59. The summed E-state index contributed by atoms with van der Waals surface area (Å²) < 4.78 is 0. The van der Waals surface area contributed by atoms with Crippen molar-refractivity contribution in [2.24, 2.45) is 29.0 Å². The fourth-order valence-electron chi connectivity index (χ4n) is 3.06. The molecule has 0 aromatic carbocycles. The van der Waals surface area contributed by atoms with E-state index in [1.807, 2.05) is 6.92 Å². The summed E-state index contributed by atoms with van der Waals surface area (Å²) in [7, 11) is 0. The van der Waals surface area contributed by atoms with Gasteiger partial charge in [0.1, 0.15) is 18.1 Å². The lowest BCUT2D eigenvalue weighted by Gasteiger charge is -2.28. The van der Waals surface area contributed by atoms with Gasteiger partial charge >= 0.3 is 5.97 Å². The first kappa shape index (κ1) is 30.3. The Labute approximate surface area is 194 Å². The van der Waals surface area contributed by atoms with Crippen LogP contribution in [0.15, 0.2) is 0 Å². The number of carboxylic acids is 1. The lowest BCUT2D eigenvalue weighted by molar-refractivity contribution is -0.144. The van der Waals surface area contributed by atoms with E-state index in [1.165, 1.54) is 0 Å². The summed E-state index contributed by atoms with van der Waals surface area (Å²) in [6, 6.07) is -4.38. The standard InChI is InChI=1S/C21H40N6O6/c1-5-12(4)17(21(32)33)27-19(30)14(8-6-7-9-22)25-20(31)16(11(2)3)26-18(29)13(23)10-15(24)28/h11-14,16-17H,5-10,22-23H2,1-4H3,(H2,24,28)(H,25,31)(H,26,29)(H,27,30)(H,32,33). The molecule has 10 N–H and O–H groups in total. The van der Waals surface area contributed by atoms with E-state index in [4.69, 9.17) is 17.2 Å². The molecule has 5 atom stereocenters. The molecule has 5 unspecified atom stereocenters. The van der Waals surface area contributed by atoms with E-state index >= 15 is 0 Å². The highest BCUT2D eigenvalue weighted by Gasteiger charge is 2.32. The van der Waals surface area contributed by atoms with E-state index in [0.717, 1.165) is 0 Å². The van der Waals surface area contributed by atoms with E-state index < -0.39 is 53.8 Å². The van der Waals surface area contributed by atoms with Crippen LogP contribution in [-0.4, -0.2) is 65.4 Å². The first-order valence-corrected chi connectivity index (χ1v) is 11.2. The molecule has 0 rings (SSSR count). The molecule has 0 radical (unpaired) electrons. The molecular weight excluding hydrogens is 432 g/mol. The van der Waals surface area contributed by atoms with Gasteiger partial charge < -0.3 is 38.3 Å². The van der Waals surface area contributed by atoms with Crippen molar-refractivity contribution in [1.29, 1.82) is 0 Å². The van der Waals surface area contributed by atoms with Crippen LogP contribution >= 0.6 is 0 Å². The lowest BCUT2D eigenvalue weighted by atomic mass is 9.98. The maximum atomic E-state index is 12.9. The number of unbranched alkanes of at least 4 members (excludes halogenated alkanes) is 1. The molecule has 0 aliphatic heterocycles. The van der Waals surface area contributed by atoms with Crippen molar-refractivity contribution in [3.8, 4) is 0 Å². The highest BCUT2D eigenvalue weighted by molar-refractivity contribution is 5.95. The normalized spacial score (nSPS) is 15.6. The zero-order chi connectivity index (χ0) is 25.7. The summed E-state index contributed by atoms with van der Waals surface area (Å²) in [6.45, 7) is 7.30. The van der Waals surface area contributed by atoms with Crippen LogP contribution in [0.5, 0.6) is 0 Å². The predicted octanol–water partition coefficient (Wildman–Crippen LogP) is -1.44. The molecule has 0 fully saturated rings. The van der Waals surface area contributed by atoms with Gasteiger partial charge in [-0.2, -0.15) is 0 Å². The van der Waals surface area contributed by atoms with Gasteiger partial charge in [0, 0.05) is 0 Å². The monoisotopic (exact) mass is 472 g/mol. The fourth-order valence-corrected chi connectivity index (χ4v) is 3.06. The summed E-state index contributed by atoms with van der Waals surface area (Å²) in [6.07, 6.45) is 1.53. The molecule has 0 aromatic rings. The van der Waals surface area contributed by atoms with Crippen molar-refractivity contribution in [2.45, 2.75) is 84.0 Å². The summed E-state index contributed by atoms with van der Waals surface area (Å²) >= 11 is 0. The van der Waals surface area contributed by atoms with Gasteiger partial charge in [-0.15, -0.1) is 0 Å². The second kappa shape index (κ2) is 15.2. The smallest absolute Gasteiger partial charge is 0.326 e. The van der Waals surface area contributed by atoms with Crippen molar-refractivity contribution in [3.05, 3.63) is 0 Å². The molecular formula is C21H40N6O6. The van der Waals surface area contributed by atoms with E-state index in [0.29, 0.717) is 25.8 Å². The third kappa shape index (κ3) is 11.1. The third-order valence-electron chi connectivity index (χ3n) is 5.36. The minimum absolute atomic E-state index is 0.238. The molecule has 0 aliphatic rings. The van der Waals surface area contributed by atoms with Crippen molar-refractivity contribution in [2.75, 3.05) is 6.54 Å². The number of carbonyl (C=O) groups excluding carboxylic acids is 4. The van der Waals surface area contributed by atoms with Gasteiger partial charge in [0.2, 0.25) is 23.6 Å². The van der Waals surface area contributed by atoms with Gasteiger partial charge in [-0.05, 0) is 37.6 Å². The van der Waals surface area contributed by atoms with Gasteiger partial charge in [-0.3, -0.25) is 19.2 Å². The molecule has 33 heavy (non-hydrogen) atoms. The maximum absolute atomic E-state index is 12.9. The second-order valence-electron chi connectivity index (χ2n) is 8.56. The third-order valence-corrected chi connectivity index (χ3v) is 5.36. The first-order valence-electron chi connectivity index (χ1n) is 11.2. The van der Waals surface area contributed by atoms with E-state index in [1.54, 1.807) is 20.8 Å². The molecule has 0 heterocycles. The second-order valence-corrected chi connectivity index (χ2v) is 8.56. The van der Waals surface area contributed by atoms with Crippen molar-refractivity contribution in [1.82, 2.24) is 16.0 Å². The van der Waals surface area contributed by atoms with Crippen LogP contribution in [0.2, 0.25) is 0 Å². The van der Waals surface area contributed by atoms with Crippen LogP contribution < -0.4 is 33.2 Å². The summed E-state index contributed by atoms with van der Waals surface area (Å²) in [5.41, 5.74) is 16.2. The Morgan fingerprint density at radius 1 is 0.879 bits per heavy atom. The van der Waals surface area contributed by atoms with Gasteiger partial charge in [0.25, 0.3) is 0 Å². The molecule has 0 aromatic heterocycles. The zero-order valence-corrected chi connectivity index (χ0v) is 19.9. The van der Waals surface area contributed by atoms with Gasteiger partial charge in [-0.1, -0.05) is 34.1 Å². The SMILES string of the molecule is CCC(C)C(NC(=O)C(CCCCN)NC(=O)C(NC(=O)C(N)CC(N)=O)C(C)C)C(=O)O. The molecule has 0 spiro atoms. The van der Waals surface area contributed by atoms with E-state index in [9.17, 15) is 29.1 Å². The van der Waals surface area contributed by atoms with Crippen molar-refractivity contribution in [3.63, 3.8) is 0 Å². The Kier molecular flexibility index (Phi) is 13.9. The molecule has 0 aliphatic carbocycles. The average molecular weight is 473 g/mol. The number of hydrogen-bond acceptors (Lipinski definition) is 7. The van der Waals surface area contributed by atoms with Gasteiger partial charge in [0.15, 0.2) is 0 Å². The molecule has 12 heteroatoms. The van der Waals surface area contributed by atoms with Crippen LogP contribution in [0.25, 0.3) is 0 Å². The minimum atomic E-state index is -1.22. The number of primary amides is 1. The zero-order valence-electron chi connectivity index (χ0n) is 19.9. The summed E-state index contributed by atoms with van der Waals surface area (Å²) in [5, 5.41) is 17.1. The molecule has 0 saturated carbocycles. The Hall–Kier alpha value is -2.73. The molecule has 0 saturated heterocycles. The van der Waals surface area contributed by atoms with E-state index in [2.05, 4.69) is 16.0 Å². The number of hydrogen-bond donors (Lipinski definition) is 7. The highest BCUT2D eigenvalue weighted by atomic mass is 16.4. The molecule has 12 nitrogen and oxygen atoms in total. The average Bonchev–Trinajstić information content (AvgIpc) is 2.73. The number of carboxylic acid groups (broad SMARTS) is 1. The van der Waals surface area contributed by atoms with Gasteiger partial charge in [0.05, 0.1) is 12.5 Å². The van der Waals surface area contributed by atoms with Crippen LogP contribution in [0.4, 0.5) is 0 Å². The Morgan fingerprint density at radius 3 is 1.91 bits per heavy atom. The Balaban J connectivity index is 5.49. The van der Waals surface area contributed by atoms with Gasteiger partial charge in [-0.25, -0.2) is 4.79 Å². The van der Waals surface area contributed by atoms with Crippen LogP contribution in [-0.2, 0) is 24.0 Å². The summed E-state index contributed by atoms with van der Waals surface area (Å²) in [4.78, 5) is 60.7. The molecule has 4 amide bonds. The first-order chi connectivity index (χ1) is 15.3. The predicted molar refractivity (Wildman–Crippen MR) is 122 cm³/mol. The topological polar surface area (TPSA) is 220 Å². The van der Waals surface area contributed by atoms with Crippen LogP contribution in [0, 0.1) is 11.8 Å². The number of rotatable bonds is 16. The van der Waals surface area contributed by atoms with Crippen LogP contribution in [0.1, 0.15) is 59.8 Å². The molecule has 190 valence electrons. The number of aliphatic carboxylic acids is 1. The Morgan fingerprint density at radius 2 is 1.45 bits per heavy atom. The minimum Gasteiger partial charge on any atom is -0.480 e. The number of nitrogens with one attached hydrogen (secondary N) is 3. The maximum Gasteiger partial charge on any atom is 0.326 e. The number of amides is 4. The largest absolute Gasteiger partial charge is 0.480 e. The van der Waals surface area contributed by atoms with Crippen molar-refractivity contribution >= 4 is 29.6 Å². The number of carbonyl (C=O) groups is 5. The molecule has 0 bridgehead atoms. The Bertz CT molecular complexity index is 686. The van der Waals surface area contributed by atoms with E-state index in [-0.39, 0.29) is 24.7 Å². The fraction of sp³-hybridized carbons (Fsp3) is 0.762. The quantitative estimate of drug-likeness (QED) is 0.131.